The number of rotatable bonds is 2. The molecular formula is C28H30O11. The lowest BCUT2D eigenvalue weighted by atomic mass is 9.48. The van der Waals surface area contributed by atoms with Crippen molar-refractivity contribution in [3.05, 3.63) is 35.9 Å². The second-order valence-corrected chi connectivity index (χ2v) is 12.8. The lowest BCUT2D eigenvalue weighted by Gasteiger charge is -2.51. The number of ether oxygens (including phenoxy) is 5. The standard InChI is InChI=1S/C28H30O11/c1-11-19(30)38-23-25(11)15(24(3,4)5)14-17(36-21(32)13-9-7-6-8-10-13)26(25)16(29)18-27(34,12(2)20(31)37-18)28(26,39-23)22(33)35-14/h6-12,14-18,23,29,34H,1-5H3/t11-,12+,14+,15-,16-,17?,18-,23?,25?,26?,27+,28-/m0/s1. The van der Waals surface area contributed by atoms with Crippen molar-refractivity contribution in [1.82, 2.24) is 0 Å². The number of carbonyl (C=O) groups is 4. The summed E-state index contributed by atoms with van der Waals surface area (Å²) in [6.07, 6.45) is -7.25. The smallest absolute Gasteiger partial charge is 0.343 e. The first-order chi connectivity index (χ1) is 18.2. The van der Waals surface area contributed by atoms with E-state index >= 15 is 0 Å². The second kappa shape index (κ2) is 7.00. The zero-order chi connectivity index (χ0) is 28.1. The van der Waals surface area contributed by atoms with Gasteiger partial charge in [-0.2, -0.15) is 0 Å². The maximum Gasteiger partial charge on any atom is 0.343 e. The van der Waals surface area contributed by atoms with Crippen LogP contribution in [0.15, 0.2) is 30.3 Å². The molecule has 2 spiro atoms. The molecule has 39 heavy (non-hydrogen) atoms. The van der Waals surface area contributed by atoms with Crippen molar-refractivity contribution in [2.45, 2.75) is 76.5 Å². The summed E-state index contributed by atoms with van der Waals surface area (Å²) in [4.78, 5) is 53.7. The monoisotopic (exact) mass is 542 g/mol. The van der Waals surface area contributed by atoms with Crippen LogP contribution in [0.2, 0.25) is 0 Å². The van der Waals surface area contributed by atoms with Crippen molar-refractivity contribution in [2.24, 2.45) is 34.0 Å². The summed E-state index contributed by atoms with van der Waals surface area (Å²) in [5.74, 6) is -6.23. The van der Waals surface area contributed by atoms with Gasteiger partial charge >= 0.3 is 23.9 Å². The van der Waals surface area contributed by atoms with Crippen LogP contribution >= 0.6 is 0 Å². The second-order valence-electron chi connectivity index (χ2n) is 12.8. The van der Waals surface area contributed by atoms with E-state index in [0.29, 0.717) is 0 Å². The summed E-state index contributed by atoms with van der Waals surface area (Å²) in [5, 5.41) is 24.6. The molecule has 0 radical (unpaired) electrons. The SMILES string of the molecule is C[C@@H]1C(=O)O[C@H]2[C@H](O)C34C(OC(=O)c5ccccc5)[C@@H]5OC(=O)[C@@]3(OC3OC(=O)[C@H](C)C34[C@@H]5C(C)(C)C)[C@@]12O. The Kier molecular flexibility index (Phi) is 4.48. The van der Waals surface area contributed by atoms with E-state index in [9.17, 15) is 29.4 Å². The van der Waals surface area contributed by atoms with Crippen LogP contribution in [-0.4, -0.2) is 76.0 Å². The Morgan fingerprint density at radius 3 is 2.26 bits per heavy atom. The van der Waals surface area contributed by atoms with Crippen LogP contribution in [-0.2, 0) is 38.1 Å². The van der Waals surface area contributed by atoms with Gasteiger partial charge in [-0.3, -0.25) is 9.59 Å². The van der Waals surface area contributed by atoms with Crippen LogP contribution in [0.3, 0.4) is 0 Å². The fourth-order valence-corrected chi connectivity index (χ4v) is 9.46. The third kappa shape index (κ3) is 2.22. The molecule has 2 saturated carbocycles. The molecule has 7 rings (SSSR count). The Hall–Kier alpha value is -3.02. The largest absolute Gasteiger partial charge is 0.456 e. The van der Waals surface area contributed by atoms with E-state index < -0.39 is 99.8 Å². The number of benzene rings is 1. The Morgan fingerprint density at radius 2 is 1.62 bits per heavy atom. The predicted molar refractivity (Wildman–Crippen MR) is 126 cm³/mol. The van der Waals surface area contributed by atoms with Gasteiger partial charge in [-0.1, -0.05) is 45.9 Å². The minimum absolute atomic E-state index is 0.215. The minimum atomic E-state index is -2.44. The summed E-state index contributed by atoms with van der Waals surface area (Å²) in [6.45, 7) is 8.67. The molecule has 11 heteroatoms. The molecule has 1 aromatic carbocycles. The van der Waals surface area contributed by atoms with Gasteiger partial charge in [0.25, 0.3) is 0 Å². The molecule has 4 saturated heterocycles. The van der Waals surface area contributed by atoms with Crippen LogP contribution in [0.25, 0.3) is 0 Å². The van der Waals surface area contributed by atoms with Crippen molar-refractivity contribution in [1.29, 1.82) is 0 Å². The molecule has 6 fully saturated rings. The molecule has 1 aromatic rings. The number of esters is 4. The fraction of sp³-hybridized carbons (Fsp3) is 0.643. The highest BCUT2D eigenvalue weighted by molar-refractivity contribution is 5.94. The average molecular weight is 543 g/mol. The van der Waals surface area contributed by atoms with Gasteiger partial charge in [-0.05, 0) is 24.5 Å². The van der Waals surface area contributed by atoms with E-state index in [1.54, 1.807) is 37.3 Å². The van der Waals surface area contributed by atoms with Gasteiger partial charge in [0.1, 0.15) is 12.2 Å². The van der Waals surface area contributed by atoms with Crippen LogP contribution in [0.4, 0.5) is 0 Å². The topological polar surface area (TPSA) is 155 Å². The number of carbonyl (C=O) groups excluding carboxylic acids is 4. The highest BCUT2D eigenvalue weighted by Gasteiger charge is 3.04. The van der Waals surface area contributed by atoms with Crippen LogP contribution in [0, 0.1) is 34.0 Å². The third-order valence-corrected chi connectivity index (χ3v) is 10.6. The van der Waals surface area contributed by atoms with Crippen molar-refractivity contribution >= 4 is 23.9 Å². The Labute approximate surface area is 223 Å². The Bertz CT molecular complexity index is 1340. The van der Waals surface area contributed by atoms with Gasteiger partial charge in [0.05, 0.1) is 28.2 Å². The van der Waals surface area contributed by atoms with Crippen molar-refractivity contribution in [2.75, 3.05) is 0 Å². The molecule has 2 aliphatic carbocycles. The molecule has 12 atom stereocenters. The molecule has 4 unspecified atom stereocenters. The number of hydrogen-bond donors (Lipinski definition) is 2. The van der Waals surface area contributed by atoms with Gasteiger partial charge in [-0.15, -0.1) is 0 Å². The average Bonchev–Trinajstić information content (AvgIpc) is 3.49. The summed E-state index contributed by atoms with van der Waals surface area (Å²) in [7, 11) is 0. The number of aliphatic hydroxyl groups excluding tert-OH is 1. The molecule has 2 N–H and O–H groups in total. The quantitative estimate of drug-likeness (QED) is 0.402. The molecule has 208 valence electrons. The van der Waals surface area contributed by atoms with Gasteiger partial charge in [-0.25, -0.2) is 9.59 Å². The zero-order valence-electron chi connectivity index (χ0n) is 22.1. The highest BCUT2D eigenvalue weighted by Crippen LogP contribution is 2.85. The van der Waals surface area contributed by atoms with E-state index in [1.165, 1.54) is 6.92 Å². The zero-order valence-corrected chi connectivity index (χ0v) is 22.1. The van der Waals surface area contributed by atoms with Crippen molar-refractivity contribution in [3.63, 3.8) is 0 Å². The number of fused-ring (bicyclic) bond motifs is 2. The molecule has 4 heterocycles. The predicted octanol–water partition coefficient (Wildman–Crippen LogP) is 0.741. The van der Waals surface area contributed by atoms with E-state index in [2.05, 4.69) is 0 Å². The molecular weight excluding hydrogens is 512 g/mol. The first-order valence-corrected chi connectivity index (χ1v) is 13.2. The molecule has 4 aliphatic heterocycles. The fourth-order valence-electron chi connectivity index (χ4n) is 9.46. The van der Waals surface area contributed by atoms with Crippen molar-refractivity contribution < 1.29 is 53.1 Å². The van der Waals surface area contributed by atoms with E-state index in [-0.39, 0.29) is 5.56 Å². The van der Waals surface area contributed by atoms with Gasteiger partial charge in [0.2, 0.25) is 11.9 Å². The van der Waals surface area contributed by atoms with Crippen molar-refractivity contribution in [3.8, 4) is 0 Å². The van der Waals surface area contributed by atoms with E-state index in [1.807, 2.05) is 20.8 Å². The lowest BCUT2D eigenvalue weighted by Crippen LogP contribution is -2.74. The summed E-state index contributed by atoms with van der Waals surface area (Å²) in [5.41, 5.74) is -8.78. The summed E-state index contributed by atoms with van der Waals surface area (Å²) in [6, 6.07) is 8.18. The first kappa shape index (κ1) is 25.0. The normalized spacial score (nSPS) is 50.6. The number of aliphatic hydroxyl groups is 2. The Balaban J connectivity index is 1.56. The first-order valence-electron chi connectivity index (χ1n) is 13.2. The minimum Gasteiger partial charge on any atom is -0.456 e. The molecule has 6 aliphatic rings. The van der Waals surface area contributed by atoms with Crippen LogP contribution in [0.1, 0.15) is 45.0 Å². The molecule has 11 nitrogen and oxygen atoms in total. The van der Waals surface area contributed by atoms with Crippen LogP contribution < -0.4 is 0 Å². The summed E-state index contributed by atoms with van der Waals surface area (Å²) < 4.78 is 29.9. The van der Waals surface area contributed by atoms with E-state index in [0.717, 1.165) is 0 Å². The lowest BCUT2D eigenvalue weighted by molar-refractivity contribution is -0.281. The molecule has 0 aromatic heterocycles. The third-order valence-electron chi connectivity index (χ3n) is 10.6. The van der Waals surface area contributed by atoms with E-state index in [4.69, 9.17) is 23.7 Å². The molecule has 0 amide bonds. The maximum atomic E-state index is 14.2. The van der Waals surface area contributed by atoms with Crippen LogP contribution in [0.5, 0.6) is 0 Å². The number of hydrogen-bond acceptors (Lipinski definition) is 11. The maximum absolute atomic E-state index is 14.2. The highest BCUT2D eigenvalue weighted by atomic mass is 16.8. The summed E-state index contributed by atoms with van der Waals surface area (Å²) >= 11 is 0. The van der Waals surface area contributed by atoms with Gasteiger partial charge < -0.3 is 33.9 Å². The molecule has 2 bridgehead atoms. The van der Waals surface area contributed by atoms with Gasteiger partial charge in [0, 0.05) is 5.92 Å². The van der Waals surface area contributed by atoms with Gasteiger partial charge in [0.15, 0.2) is 17.8 Å². The Morgan fingerprint density at radius 1 is 0.974 bits per heavy atom.